The maximum absolute atomic E-state index is 13.0. The maximum Gasteiger partial charge on any atom is 0.261 e. The zero-order valence-corrected chi connectivity index (χ0v) is 16.2. The van der Waals surface area contributed by atoms with Gasteiger partial charge in [0.2, 0.25) is 5.91 Å². The lowest BCUT2D eigenvalue weighted by Gasteiger charge is -2.43. The van der Waals surface area contributed by atoms with Gasteiger partial charge >= 0.3 is 0 Å². The Kier molecular flexibility index (Phi) is 5.10. The Bertz CT molecular complexity index is 879. The number of imidazole rings is 1. The van der Waals surface area contributed by atoms with E-state index in [9.17, 15) is 9.59 Å². The van der Waals surface area contributed by atoms with Gasteiger partial charge in [-0.25, -0.2) is 4.98 Å². The molecule has 7 nitrogen and oxygen atoms in total. The monoisotopic (exact) mass is 387 g/mol. The van der Waals surface area contributed by atoms with E-state index in [1.807, 2.05) is 27.9 Å². The number of pyridine rings is 1. The van der Waals surface area contributed by atoms with Gasteiger partial charge in [-0.05, 0) is 42.9 Å². The van der Waals surface area contributed by atoms with Crippen LogP contribution in [0.15, 0.2) is 29.3 Å². The molecule has 3 N–H and O–H groups in total. The van der Waals surface area contributed by atoms with Crippen molar-refractivity contribution in [3.63, 3.8) is 0 Å². The summed E-state index contributed by atoms with van der Waals surface area (Å²) in [5, 5.41) is 0. The van der Waals surface area contributed by atoms with Crippen molar-refractivity contribution in [1.82, 2.24) is 19.4 Å². The number of hydrogen-bond donors (Lipinski definition) is 2. The van der Waals surface area contributed by atoms with Crippen molar-refractivity contribution in [2.75, 3.05) is 25.1 Å². The lowest BCUT2D eigenvalue weighted by molar-refractivity contribution is -0.135. The van der Waals surface area contributed by atoms with Crippen LogP contribution in [0, 0.1) is 5.92 Å². The number of piperidine rings is 1. The van der Waals surface area contributed by atoms with Gasteiger partial charge in [-0.2, -0.15) is 11.8 Å². The van der Waals surface area contributed by atoms with Gasteiger partial charge in [0.05, 0.1) is 11.6 Å². The fourth-order valence-corrected chi connectivity index (χ4v) is 4.81. The summed E-state index contributed by atoms with van der Waals surface area (Å²) in [7, 11) is 0. The van der Waals surface area contributed by atoms with Gasteiger partial charge in [-0.1, -0.05) is 0 Å². The number of thioether (sulfide) groups is 1. The van der Waals surface area contributed by atoms with Crippen molar-refractivity contribution < 1.29 is 4.79 Å². The van der Waals surface area contributed by atoms with Gasteiger partial charge in [0.25, 0.3) is 5.56 Å². The Hall–Kier alpha value is -2.06. The van der Waals surface area contributed by atoms with E-state index in [1.54, 1.807) is 24.2 Å². The summed E-state index contributed by atoms with van der Waals surface area (Å²) in [6, 6.07) is 3.43. The molecule has 3 atom stereocenters. The predicted octanol–water partition coefficient (Wildman–Crippen LogP) is 1.26. The van der Waals surface area contributed by atoms with E-state index in [0.29, 0.717) is 37.4 Å². The molecule has 2 aromatic heterocycles. The van der Waals surface area contributed by atoms with Gasteiger partial charge in [0.15, 0.2) is 0 Å². The van der Waals surface area contributed by atoms with Crippen LogP contribution in [0.4, 0.5) is 0 Å². The smallest absolute Gasteiger partial charge is 0.261 e. The maximum atomic E-state index is 13.0. The molecule has 0 aromatic carbocycles. The molecule has 0 aliphatic carbocycles. The molecule has 2 aliphatic heterocycles. The predicted molar refractivity (Wildman–Crippen MR) is 107 cm³/mol. The first-order chi connectivity index (χ1) is 13.1. The molecule has 4 rings (SSSR count). The molecule has 0 radical (unpaired) electrons. The van der Waals surface area contributed by atoms with Crippen molar-refractivity contribution in [2.45, 2.75) is 31.3 Å². The Morgan fingerprint density at radius 3 is 3.00 bits per heavy atom. The average molecular weight is 388 g/mol. The Morgan fingerprint density at radius 2 is 2.26 bits per heavy atom. The molecule has 1 amide bonds. The molecule has 0 spiro atoms. The van der Waals surface area contributed by atoms with Crippen molar-refractivity contribution in [3.8, 4) is 11.4 Å². The Labute approximate surface area is 162 Å². The molecule has 4 heterocycles. The number of aromatic nitrogens is 3. The number of nitrogens with zero attached hydrogens (tertiary/aromatic N) is 3. The zero-order valence-electron chi connectivity index (χ0n) is 15.4. The van der Waals surface area contributed by atoms with Gasteiger partial charge < -0.3 is 20.2 Å². The van der Waals surface area contributed by atoms with Crippen molar-refractivity contribution in [3.05, 3.63) is 40.6 Å². The molecule has 8 heteroatoms. The molecule has 0 saturated carbocycles. The molecule has 144 valence electrons. The summed E-state index contributed by atoms with van der Waals surface area (Å²) in [5.41, 5.74) is 7.71. The first-order valence-electron chi connectivity index (χ1n) is 9.35. The van der Waals surface area contributed by atoms with Gasteiger partial charge in [-0.15, -0.1) is 0 Å². The highest BCUT2D eigenvalue weighted by Gasteiger charge is 2.37. The van der Waals surface area contributed by atoms with Crippen LogP contribution in [0.5, 0.6) is 0 Å². The molecular formula is C19H25N5O2S. The van der Waals surface area contributed by atoms with Crippen molar-refractivity contribution in [2.24, 2.45) is 11.7 Å². The zero-order chi connectivity index (χ0) is 19.0. The number of nitrogens with one attached hydrogen (secondary N) is 1. The highest BCUT2D eigenvalue weighted by molar-refractivity contribution is 7.98. The summed E-state index contributed by atoms with van der Waals surface area (Å²) in [6.07, 6.45) is 7.11. The number of nitrogens with two attached hydrogens (primary N) is 1. The quantitative estimate of drug-likeness (QED) is 0.805. The largest absolute Gasteiger partial charge is 0.344 e. The van der Waals surface area contributed by atoms with E-state index in [4.69, 9.17) is 5.73 Å². The first kappa shape index (κ1) is 18.3. The summed E-state index contributed by atoms with van der Waals surface area (Å²) in [6.45, 7) is 1.96. The van der Waals surface area contributed by atoms with E-state index in [2.05, 4.69) is 9.97 Å². The fourth-order valence-electron chi connectivity index (χ4n) is 4.32. The third-order valence-electron chi connectivity index (χ3n) is 5.62. The average Bonchev–Trinajstić information content (AvgIpc) is 3.20. The highest BCUT2D eigenvalue weighted by atomic mass is 32.2. The van der Waals surface area contributed by atoms with E-state index in [-0.39, 0.29) is 23.3 Å². The van der Waals surface area contributed by atoms with Gasteiger partial charge in [-0.3, -0.25) is 9.59 Å². The molecule has 2 aliphatic rings. The minimum absolute atomic E-state index is 0.00593. The second-order valence-corrected chi connectivity index (χ2v) is 8.44. The number of hydrogen-bond acceptors (Lipinski definition) is 5. The van der Waals surface area contributed by atoms with Crippen molar-refractivity contribution >= 4 is 17.7 Å². The number of fused-ring (bicyclic) bond motifs is 4. The van der Waals surface area contributed by atoms with Crippen molar-refractivity contribution in [1.29, 1.82) is 0 Å². The number of amides is 1. The second-order valence-electron chi connectivity index (χ2n) is 7.46. The van der Waals surface area contributed by atoms with E-state index < -0.39 is 6.04 Å². The van der Waals surface area contributed by atoms with Crippen LogP contribution in [0.1, 0.15) is 24.5 Å². The lowest BCUT2D eigenvalue weighted by Crippen LogP contribution is -2.53. The summed E-state index contributed by atoms with van der Waals surface area (Å²) in [5.74, 6) is 2.01. The third-order valence-corrected chi connectivity index (χ3v) is 6.26. The number of carbonyl (C=O) groups is 1. The topological polar surface area (TPSA) is 97.0 Å². The Morgan fingerprint density at radius 1 is 1.41 bits per heavy atom. The van der Waals surface area contributed by atoms with Gasteiger partial charge in [0, 0.05) is 43.6 Å². The molecule has 2 bridgehead atoms. The van der Waals surface area contributed by atoms with Crippen LogP contribution in [-0.4, -0.2) is 56.5 Å². The van der Waals surface area contributed by atoms with Crippen LogP contribution < -0.4 is 11.3 Å². The molecule has 1 saturated heterocycles. The van der Waals surface area contributed by atoms with E-state index >= 15 is 0 Å². The summed E-state index contributed by atoms with van der Waals surface area (Å²) in [4.78, 5) is 34.9. The summed E-state index contributed by atoms with van der Waals surface area (Å²) >= 11 is 1.71. The number of aromatic amines is 1. The first-order valence-corrected chi connectivity index (χ1v) is 10.7. The van der Waals surface area contributed by atoms with Crippen LogP contribution in [-0.2, 0) is 11.3 Å². The SMILES string of the molecule is CSCC[C@@H](N)C(=O)N1C[C@@H]2C[C@H](C1)c1ccc(-c3ncc[nH]3)c(=O)n1C2. The molecule has 27 heavy (non-hydrogen) atoms. The third kappa shape index (κ3) is 3.43. The fraction of sp³-hybridized carbons (Fsp3) is 0.526. The van der Waals surface area contributed by atoms with E-state index in [0.717, 1.165) is 17.9 Å². The number of likely N-dealkylation sites (tertiary alicyclic amines) is 1. The molecule has 0 unspecified atom stereocenters. The van der Waals surface area contributed by atoms with Crippen LogP contribution in [0.25, 0.3) is 11.4 Å². The van der Waals surface area contributed by atoms with Gasteiger partial charge in [0.1, 0.15) is 5.82 Å². The second kappa shape index (κ2) is 7.52. The van der Waals surface area contributed by atoms with E-state index in [1.165, 1.54) is 0 Å². The molecule has 1 fully saturated rings. The Balaban J connectivity index is 1.58. The number of carbonyl (C=O) groups excluding carboxylic acids is 1. The number of H-pyrrole nitrogens is 1. The minimum atomic E-state index is -0.431. The number of rotatable bonds is 5. The standard InChI is InChI=1S/C19H25N5O2S/c1-27-7-4-15(20)19(26)23-9-12-8-13(11-23)16-3-2-14(17-21-5-6-22-17)18(25)24(16)10-12/h2-3,5-6,12-13,15H,4,7-11,20H2,1H3,(H,21,22)/t12-,13+,15+/m0/s1. The molecule has 2 aromatic rings. The highest BCUT2D eigenvalue weighted by Crippen LogP contribution is 2.35. The lowest BCUT2D eigenvalue weighted by atomic mass is 9.82. The van der Waals surface area contributed by atoms with Crippen LogP contribution in [0.3, 0.4) is 0 Å². The van der Waals surface area contributed by atoms with Crippen LogP contribution in [0.2, 0.25) is 0 Å². The van der Waals surface area contributed by atoms with Crippen LogP contribution >= 0.6 is 11.8 Å². The molecular weight excluding hydrogens is 362 g/mol. The minimum Gasteiger partial charge on any atom is -0.344 e. The normalized spacial score (nSPS) is 22.4. The summed E-state index contributed by atoms with van der Waals surface area (Å²) < 4.78 is 1.88.